The zero-order valence-electron chi connectivity index (χ0n) is 11.1. The topological polar surface area (TPSA) is 42.0 Å². The van der Waals surface area contributed by atoms with Crippen LogP contribution in [0.15, 0.2) is 60.8 Å². The molecule has 0 bridgehead atoms. The predicted molar refractivity (Wildman–Crippen MR) is 80.9 cm³/mol. The highest BCUT2D eigenvalue weighted by Gasteiger charge is 2.10. The van der Waals surface area contributed by atoms with Crippen LogP contribution in [0.25, 0.3) is 10.9 Å². The fourth-order valence-electron chi connectivity index (χ4n) is 2.22. The quantitative estimate of drug-likeness (QED) is 0.763. The first-order valence-corrected chi connectivity index (χ1v) is 6.46. The Bertz CT molecular complexity index is 775. The normalized spacial score (nSPS) is 10.4. The number of fused-ring (bicyclic) bond motifs is 1. The highest BCUT2D eigenvalue weighted by atomic mass is 16.1. The van der Waals surface area contributed by atoms with Gasteiger partial charge in [-0.3, -0.25) is 9.78 Å². The number of carbonyl (C=O) groups is 1. The standard InChI is InChI=1S/C17H14N2O/c1-12-6-2-3-9-14(12)17(20)19-15-10-4-7-13-8-5-11-18-16(13)15/h2-11H,1H3,(H,19,20). The number of amides is 1. The molecule has 1 heterocycles. The summed E-state index contributed by atoms with van der Waals surface area (Å²) in [6.07, 6.45) is 1.73. The predicted octanol–water partition coefficient (Wildman–Crippen LogP) is 3.80. The van der Waals surface area contributed by atoms with E-state index in [9.17, 15) is 4.79 Å². The molecular weight excluding hydrogens is 248 g/mol. The van der Waals surface area contributed by atoms with Crippen molar-refractivity contribution < 1.29 is 4.79 Å². The zero-order chi connectivity index (χ0) is 13.9. The largest absolute Gasteiger partial charge is 0.320 e. The molecule has 3 nitrogen and oxygen atoms in total. The molecular formula is C17H14N2O. The summed E-state index contributed by atoms with van der Waals surface area (Å²) in [5.41, 5.74) is 3.17. The molecule has 0 saturated carbocycles. The van der Waals surface area contributed by atoms with E-state index in [1.807, 2.05) is 61.5 Å². The zero-order valence-corrected chi connectivity index (χ0v) is 11.1. The summed E-state index contributed by atoms with van der Waals surface area (Å²) < 4.78 is 0. The summed E-state index contributed by atoms with van der Waals surface area (Å²) in [5.74, 6) is -0.110. The number of hydrogen-bond acceptors (Lipinski definition) is 2. The molecule has 0 atom stereocenters. The molecule has 1 aromatic heterocycles. The number of anilines is 1. The second kappa shape index (κ2) is 5.13. The molecule has 0 aliphatic carbocycles. The highest BCUT2D eigenvalue weighted by molar-refractivity contribution is 6.08. The smallest absolute Gasteiger partial charge is 0.255 e. The van der Waals surface area contributed by atoms with E-state index in [0.717, 1.165) is 22.2 Å². The Balaban J connectivity index is 1.98. The Hall–Kier alpha value is -2.68. The number of benzene rings is 2. The van der Waals surface area contributed by atoms with Gasteiger partial charge in [-0.05, 0) is 30.7 Å². The second-order valence-corrected chi connectivity index (χ2v) is 4.65. The van der Waals surface area contributed by atoms with Gasteiger partial charge in [0, 0.05) is 17.1 Å². The molecule has 3 rings (SSSR count). The van der Waals surface area contributed by atoms with Crippen LogP contribution in [0.4, 0.5) is 5.69 Å². The molecule has 0 spiro atoms. The minimum absolute atomic E-state index is 0.110. The van der Waals surface area contributed by atoms with Crippen LogP contribution in [-0.2, 0) is 0 Å². The van der Waals surface area contributed by atoms with Gasteiger partial charge in [0.1, 0.15) is 0 Å². The van der Waals surface area contributed by atoms with Crippen molar-refractivity contribution in [2.45, 2.75) is 6.92 Å². The maximum Gasteiger partial charge on any atom is 0.255 e. The Labute approximate surface area is 117 Å². The Morgan fingerprint density at radius 2 is 1.80 bits per heavy atom. The van der Waals surface area contributed by atoms with E-state index in [1.54, 1.807) is 6.20 Å². The lowest BCUT2D eigenvalue weighted by atomic mass is 10.1. The van der Waals surface area contributed by atoms with Gasteiger partial charge in [0.05, 0.1) is 11.2 Å². The first-order valence-electron chi connectivity index (χ1n) is 6.46. The third kappa shape index (κ3) is 2.26. The van der Waals surface area contributed by atoms with Crippen molar-refractivity contribution >= 4 is 22.5 Å². The fraction of sp³-hybridized carbons (Fsp3) is 0.0588. The number of aryl methyl sites for hydroxylation is 1. The van der Waals surface area contributed by atoms with Crippen molar-refractivity contribution in [2.24, 2.45) is 0 Å². The van der Waals surface area contributed by atoms with Gasteiger partial charge < -0.3 is 5.32 Å². The van der Waals surface area contributed by atoms with Crippen LogP contribution in [-0.4, -0.2) is 10.9 Å². The number of hydrogen-bond donors (Lipinski definition) is 1. The van der Waals surface area contributed by atoms with Gasteiger partial charge in [-0.25, -0.2) is 0 Å². The molecule has 1 N–H and O–H groups in total. The lowest BCUT2D eigenvalue weighted by Gasteiger charge is -2.09. The summed E-state index contributed by atoms with van der Waals surface area (Å²) in [6.45, 7) is 1.93. The number of pyridine rings is 1. The number of para-hydroxylation sites is 1. The first-order chi connectivity index (χ1) is 9.75. The second-order valence-electron chi connectivity index (χ2n) is 4.65. The molecule has 0 unspecified atom stereocenters. The maximum absolute atomic E-state index is 12.3. The summed E-state index contributed by atoms with van der Waals surface area (Å²) in [4.78, 5) is 16.7. The average Bonchev–Trinajstić information content (AvgIpc) is 2.48. The van der Waals surface area contributed by atoms with Gasteiger partial charge >= 0.3 is 0 Å². The molecule has 1 amide bonds. The number of nitrogens with one attached hydrogen (secondary N) is 1. The van der Waals surface area contributed by atoms with Crippen LogP contribution in [0.1, 0.15) is 15.9 Å². The van der Waals surface area contributed by atoms with Gasteiger partial charge in [-0.15, -0.1) is 0 Å². The Morgan fingerprint density at radius 1 is 1.00 bits per heavy atom. The van der Waals surface area contributed by atoms with Gasteiger partial charge in [0.2, 0.25) is 0 Å². The molecule has 3 aromatic rings. The Morgan fingerprint density at radius 3 is 2.65 bits per heavy atom. The van der Waals surface area contributed by atoms with E-state index in [2.05, 4.69) is 10.3 Å². The van der Waals surface area contributed by atoms with Crippen LogP contribution >= 0.6 is 0 Å². The van der Waals surface area contributed by atoms with E-state index in [1.165, 1.54) is 0 Å². The van der Waals surface area contributed by atoms with E-state index in [0.29, 0.717) is 5.56 Å². The van der Waals surface area contributed by atoms with Gasteiger partial charge in [-0.2, -0.15) is 0 Å². The van der Waals surface area contributed by atoms with Gasteiger partial charge in [0.25, 0.3) is 5.91 Å². The first kappa shape index (κ1) is 12.4. The third-order valence-corrected chi connectivity index (χ3v) is 3.27. The molecule has 0 radical (unpaired) electrons. The van der Waals surface area contributed by atoms with E-state index in [4.69, 9.17) is 0 Å². The minimum atomic E-state index is -0.110. The SMILES string of the molecule is Cc1ccccc1C(=O)Nc1cccc2cccnc12. The van der Waals surface area contributed by atoms with Crippen LogP contribution in [0.5, 0.6) is 0 Å². The average molecular weight is 262 g/mol. The molecule has 0 saturated heterocycles. The number of nitrogens with zero attached hydrogens (tertiary/aromatic N) is 1. The molecule has 2 aromatic carbocycles. The van der Waals surface area contributed by atoms with E-state index >= 15 is 0 Å². The van der Waals surface area contributed by atoms with Crippen molar-refractivity contribution in [3.8, 4) is 0 Å². The fourth-order valence-corrected chi connectivity index (χ4v) is 2.22. The van der Waals surface area contributed by atoms with Gasteiger partial charge in [-0.1, -0.05) is 36.4 Å². The number of carbonyl (C=O) groups excluding carboxylic acids is 1. The lowest BCUT2D eigenvalue weighted by molar-refractivity contribution is 0.102. The van der Waals surface area contributed by atoms with Crippen molar-refractivity contribution in [1.82, 2.24) is 4.98 Å². The van der Waals surface area contributed by atoms with E-state index in [-0.39, 0.29) is 5.91 Å². The van der Waals surface area contributed by atoms with Crippen molar-refractivity contribution in [3.05, 3.63) is 71.9 Å². The molecule has 20 heavy (non-hydrogen) atoms. The minimum Gasteiger partial charge on any atom is -0.320 e. The molecule has 98 valence electrons. The molecule has 0 aliphatic heterocycles. The van der Waals surface area contributed by atoms with Crippen LogP contribution in [0, 0.1) is 6.92 Å². The third-order valence-electron chi connectivity index (χ3n) is 3.27. The van der Waals surface area contributed by atoms with Crippen LogP contribution in [0.3, 0.4) is 0 Å². The van der Waals surface area contributed by atoms with Crippen LogP contribution in [0.2, 0.25) is 0 Å². The van der Waals surface area contributed by atoms with Crippen molar-refractivity contribution in [3.63, 3.8) is 0 Å². The highest BCUT2D eigenvalue weighted by Crippen LogP contribution is 2.21. The van der Waals surface area contributed by atoms with Crippen LogP contribution < -0.4 is 5.32 Å². The van der Waals surface area contributed by atoms with Crippen molar-refractivity contribution in [2.75, 3.05) is 5.32 Å². The summed E-state index contributed by atoms with van der Waals surface area (Å²) in [5, 5.41) is 3.95. The van der Waals surface area contributed by atoms with E-state index < -0.39 is 0 Å². The molecule has 0 fully saturated rings. The van der Waals surface area contributed by atoms with Gasteiger partial charge in [0.15, 0.2) is 0 Å². The van der Waals surface area contributed by atoms with Crippen molar-refractivity contribution in [1.29, 1.82) is 0 Å². The number of aromatic nitrogens is 1. The summed E-state index contributed by atoms with van der Waals surface area (Å²) >= 11 is 0. The summed E-state index contributed by atoms with van der Waals surface area (Å²) in [7, 11) is 0. The number of rotatable bonds is 2. The maximum atomic E-state index is 12.3. The molecule has 0 aliphatic rings. The monoisotopic (exact) mass is 262 g/mol. The summed E-state index contributed by atoms with van der Waals surface area (Å²) in [6, 6.07) is 17.2. The Kier molecular flexibility index (Phi) is 3.17. The lowest BCUT2D eigenvalue weighted by Crippen LogP contribution is -2.13. The molecule has 3 heteroatoms.